The first-order valence-corrected chi connectivity index (χ1v) is 8.77. The number of rotatable bonds is 7. The zero-order valence-corrected chi connectivity index (χ0v) is 14.6. The summed E-state index contributed by atoms with van der Waals surface area (Å²) in [6, 6.07) is 2.34. The number of nitrogens with zero attached hydrogens (tertiary/aromatic N) is 6. The van der Waals surface area contributed by atoms with Crippen molar-refractivity contribution in [3.8, 4) is 0 Å². The fourth-order valence-corrected chi connectivity index (χ4v) is 3.41. The average molecular weight is 332 g/mol. The van der Waals surface area contributed by atoms with Crippen molar-refractivity contribution in [1.29, 1.82) is 0 Å². The van der Waals surface area contributed by atoms with Crippen LogP contribution in [0.2, 0.25) is 0 Å². The SMILES string of the molecule is CCn1ccnc1CN1CCN(CC(O)Cn2cccn2)CC1C. The smallest absolute Gasteiger partial charge is 0.122 e. The summed E-state index contributed by atoms with van der Waals surface area (Å²) in [7, 11) is 0. The number of aliphatic hydroxyl groups is 1. The molecule has 0 amide bonds. The van der Waals surface area contributed by atoms with Crippen molar-refractivity contribution in [1.82, 2.24) is 29.1 Å². The van der Waals surface area contributed by atoms with Gasteiger partial charge >= 0.3 is 0 Å². The Labute approximate surface area is 143 Å². The molecule has 1 N–H and O–H groups in total. The van der Waals surface area contributed by atoms with Gasteiger partial charge in [0, 0.05) is 63.6 Å². The third-order valence-electron chi connectivity index (χ3n) is 4.76. The first-order chi connectivity index (χ1) is 11.7. The molecule has 2 atom stereocenters. The first kappa shape index (κ1) is 17.1. The third kappa shape index (κ3) is 4.23. The molecule has 1 fully saturated rings. The molecule has 1 saturated heterocycles. The first-order valence-electron chi connectivity index (χ1n) is 8.77. The number of aryl methyl sites for hydroxylation is 1. The van der Waals surface area contributed by atoms with Gasteiger partial charge in [0.25, 0.3) is 0 Å². The highest BCUT2D eigenvalue weighted by atomic mass is 16.3. The van der Waals surface area contributed by atoms with E-state index in [4.69, 9.17) is 0 Å². The minimum absolute atomic E-state index is 0.386. The van der Waals surface area contributed by atoms with E-state index in [0.717, 1.165) is 38.5 Å². The van der Waals surface area contributed by atoms with E-state index >= 15 is 0 Å². The second kappa shape index (κ2) is 7.92. The number of hydrogen-bond donors (Lipinski definition) is 1. The van der Waals surface area contributed by atoms with Crippen molar-refractivity contribution in [2.24, 2.45) is 0 Å². The Bertz CT molecular complexity index is 610. The van der Waals surface area contributed by atoms with Crippen LogP contribution in [0.5, 0.6) is 0 Å². The van der Waals surface area contributed by atoms with E-state index < -0.39 is 0 Å². The molecule has 24 heavy (non-hydrogen) atoms. The van der Waals surface area contributed by atoms with E-state index in [1.807, 2.05) is 24.7 Å². The molecule has 2 unspecified atom stereocenters. The zero-order chi connectivity index (χ0) is 16.9. The molecule has 7 nitrogen and oxygen atoms in total. The van der Waals surface area contributed by atoms with E-state index in [1.165, 1.54) is 0 Å². The van der Waals surface area contributed by atoms with Crippen LogP contribution in [0.1, 0.15) is 19.7 Å². The van der Waals surface area contributed by atoms with Crippen LogP contribution in [0.25, 0.3) is 0 Å². The van der Waals surface area contributed by atoms with Gasteiger partial charge in [-0.05, 0) is 19.9 Å². The minimum Gasteiger partial charge on any atom is -0.390 e. The molecule has 3 rings (SSSR count). The number of aliphatic hydroxyl groups excluding tert-OH is 1. The highest BCUT2D eigenvalue weighted by Crippen LogP contribution is 2.14. The van der Waals surface area contributed by atoms with Crippen molar-refractivity contribution in [3.05, 3.63) is 36.7 Å². The monoisotopic (exact) mass is 332 g/mol. The van der Waals surface area contributed by atoms with Gasteiger partial charge in [0.2, 0.25) is 0 Å². The Morgan fingerprint density at radius 3 is 2.83 bits per heavy atom. The second-order valence-electron chi connectivity index (χ2n) is 6.59. The number of piperazine rings is 1. The summed E-state index contributed by atoms with van der Waals surface area (Å²) in [6.07, 6.45) is 7.17. The van der Waals surface area contributed by atoms with Crippen LogP contribution in [0, 0.1) is 0 Å². The lowest BCUT2D eigenvalue weighted by molar-refractivity contribution is 0.0344. The Kier molecular flexibility index (Phi) is 5.65. The molecule has 0 radical (unpaired) electrons. The Morgan fingerprint density at radius 1 is 1.25 bits per heavy atom. The Morgan fingerprint density at radius 2 is 2.12 bits per heavy atom. The van der Waals surface area contributed by atoms with Crippen molar-refractivity contribution < 1.29 is 5.11 Å². The maximum atomic E-state index is 10.3. The molecule has 0 aliphatic carbocycles. The molecule has 1 aliphatic rings. The van der Waals surface area contributed by atoms with Gasteiger partial charge in [0.15, 0.2) is 0 Å². The van der Waals surface area contributed by atoms with Gasteiger partial charge in [-0.1, -0.05) is 0 Å². The van der Waals surface area contributed by atoms with E-state index in [1.54, 1.807) is 10.9 Å². The maximum Gasteiger partial charge on any atom is 0.122 e. The highest BCUT2D eigenvalue weighted by molar-refractivity contribution is 4.94. The van der Waals surface area contributed by atoms with Crippen LogP contribution in [0.15, 0.2) is 30.9 Å². The maximum absolute atomic E-state index is 10.3. The van der Waals surface area contributed by atoms with Gasteiger partial charge in [-0.2, -0.15) is 5.10 Å². The van der Waals surface area contributed by atoms with Gasteiger partial charge in [-0.15, -0.1) is 0 Å². The van der Waals surface area contributed by atoms with Crippen molar-refractivity contribution in [3.63, 3.8) is 0 Å². The Balaban J connectivity index is 1.48. The predicted octanol–water partition coefficient (Wildman–Crippen LogP) is 0.667. The molecule has 0 bridgehead atoms. The van der Waals surface area contributed by atoms with E-state index in [0.29, 0.717) is 19.1 Å². The molecule has 2 aromatic rings. The fourth-order valence-electron chi connectivity index (χ4n) is 3.41. The largest absolute Gasteiger partial charge is 0.390 e. The lowest BCUT2D eigenvalue weighted by Crippen LogP contribution is -2.53. The summed E-state index contributed by atoms with van der Waals surface area (Å²) < 4.78 is 3.99. The molecule has 1 aliphatic heterocycles. The quantitative estimate of drug-likeness (QED) is 0.807. The summed E-state index contributed by atoms with van der Waals surface area (Å²) in [6.45, 7) is 10.5. The van der Waals surface area contributed by atoms with Gasteiger partial charge in [0.1, 0.15) is 5.82 Å². The van der Waals surface area contributed by atoms with Crippen molar-refractivity contribution >= 4 is 0 Å². The average Bonchev–Trinajstić information content (AvgIpc) is 3.21. The minimum atomic E-state index is -0.386. The summed E-state index contributed by atoms with van der Waals surface area (Å²) in [5.74, 6) is 1.14. The fraction of sp³-hybridized carbons (Fsp3) is 0.647. The molecular weight excluding hydrogens is 304 g/mol. The van der Waals surface area contributed by atoms with Crippen LogP contribution in [0.4, 0.5) is 0 Å². The van der Waals surface area contributed by atoms with Gasteiger partial charge in [-0.3, -0.25) is 14.5 Å². The van der Waals surface area contributed by atoms with Crippen molar-refractivity contribution in [2.45, 2.75) is 45.6 Å². The number of β-amino-alcohol motifs (C(OH)–C–C–N with tert-alkyl or cyclic N) is 1. The summed E-state index contributed by atoms with van der Waals surface area (Å²) in [5, 5.41) is 14.4. The van der Waals surface area contributed by atoms with Gasteiger partial charge in [-0.25, -0.2) is 4.98 Å². The topological polar surface area (TPSA) is 62.4 Å². The van der Waals surface area contributed by atoms with Crippen LogP contribution < -0.4 is 0 Å². The summed E-state index contributed by atoms with van der Waals surface area (Å²) in [5.41, 5.74) is 0. The van der Waals surface area contributed by atoms with Crippen LogP contribution in [-0.2, 0) is 19.6 Å². The molecule has 132 valence electrons. The lowest BCUT2D eigenvalue weighted by Gasteiger charge is -2.40. The second-order valence-corrected chi connectivity index (χ2v) is 6.59. The molecule has 0 aromatic carbocycles. The number of hydrogen-bond acceptors (Lipinski definition) is 5. The molecular formula is C17H28N6O. The number of aromatic nitrogens is 4. The third-order valence-corrected chi connectivity index (χ3v) is 4.76. The van der Waals surface area contributed by atoms with Gasteiger partial charge < -0.3 is 9.67 Å². The molecule has 7 heteroatoms. The normalized spacial score (nSPS) is 21.2. The standard InChI is InChI=1S/C17H28N6O/c1-3-21-8-6-18-17(21)14-22-10-9-20(11-15(22)2)12-16(24)13-23-7-4-5-19-23/h4-8,15-16,24H,3,9-14H2,1-2H3. The number of imidazole rings is 1. The van der Waals surface area contributed by atoms with Gasteiger partial charge in [0.05, 0.1) is 19.2 Å². The molecule has 3 heterocycles. The predicted molar refractivity (Wildman–Crippen MR) is 92.4 cm³/mol. The summed E-state index contributed by atoms with van der Waals surface area (Å²) >= 11 is 0. The van der Waals surface area contributed by atoms with E-state index in [-0.39, 0.29) is 6.10 Å². The van der Waals surface area contributed by atoms with E-state index in [9.17, 15) is 5.11 Å². The highest BCUT2D eigenvalue weighted by Gasteiger charge is 2.26. The lowest BCUT2D eigenvalue weighted by atomic mass is 10.1. The molecule has 0 saturated carbocycles. The van der Waals surface area contributed by atoms with Crippen LogP contribution in [-0.4, -0.2) is 72.6 Å². The van der Waals surface area contributed by atoms with E-state index in [2.05, 4.69) is 38.3 Å². The summed E-state index contributed by atoms with van der Waals surface area (Å²) in [4.78, 5) is 9.31. The van der Waals surface area contributed by atoms with Crippen LogP contribution >= 0.6 is 0 Å². The Hall–Kier alpha value is -1.70. The van der Waals surface area contributed by atoms with Crippen molar-refractivity contribution in [2.75, 3.05) is 26.2 Å². The van der Waals surface area contributed by atoms with Crippen LogP contribution in [0.3, 0.4) is 0 Å². The molecule has 2 aromatic heterocycles. The molecule has 0 spiro atoms. The zero-order valence-electron chi connectivity index (χ0n) is 14.6.